The molecule has 0 radical (unpaired) electrons. The van der Waals surface area contributed by atoms with Crippen LogP contribution in [0.4, 0.5) is 0 Å². The van der Waals surface area contributed by atoms with Gasteiger partial charge in [0, 0.05) is 12.6 Å². The molecule has 0 saturated heterocycles. The standard InChI is InChI=1S/C28H45NO2/c1-4-7-10-11-12-13-14-15-16-17-18-19-20-23-27(30)29-26-28(31,24-21-8-5-2)25-22-9-6-3/h4,7,10-13,16-20,23,31H,5-6,8-9,14-15,21-22,24-26H2,1-3H3,(H,29,30). The molecule has 0 saturated carbocycles. The normalized spacial score (nSPS) is 13.3. The predicted octanol–water partition coefficient (Wildman–Crippen LogP) is 7.13. The van der Waals surface area contributed by atoms with Gasteiger partial charge < -0.3 is 10.4 Å². The average molecular weight is 428 g/mol. The van der Waals surface area contributed by atoms with Crippen molar-refractivity contribution in [2.24, 2.45) is 0 Å². The van der Waals surface area contributed by atoms with E-state index >= 15 is 0 Å². The number of carbonyl (C=O) groups is 1. The average Bonchev–Trinajstić information content (AvgIpc) is 2.76. The van der Waals surface area contributed by atoms with Gasteiger partial charge in [-0.2, -0.15) is 0 Å². The molecule has 31 heavy (non-hydrogen) atoms. The molecular formula is C28H45NO2. The molecule has 174 valence electrons. The summed E-state index contributed by atoms with van der Waals surface area (Å²) < 4.78 is 0. The molecule has 2 N–H and O–H groups in total. The number of hydrogen-bond donors (Lipinski definition) is 2. The number of amides is 1. The van der Waals surface area contributed by atoms with Gasteiger partial charge in [-0.25, -0.2) is 0 Å². The van der Waals surface area contributed by atoms with Crippen molar-refractivity contribution in [3.63, 3.8) is 0 Å². The summed E-state index contributed by atoms with van der Waals surface area (Å²) in [5.74, 6) is -0.158. The fraction of sp³-hybridized carbons (Fsp3) is 0.536. The molecule has 3 nitrogen and oxygen atoms in total. The minimum Gasteiger partial charge on any atom is -0.388 e. The molecule has 0 aromatic carbocycles. The van der Waals surface area contributed by atoms with E-state index in [4.69, 9.17) is 0 Å². The van der Waals surface area contributed by atoms with Crippen molar-refractivity contribution in [3.05, 3.63) is 72.9 Å². The smallest absolute Gasteiger partial charge is 0.244 e. The van der Waals surface area contributed by atoms with E-state index in [1.165, 1.54) is 6.08 Å². The molecule has 0 unspecified atom stereocenters. The van der Waals surface area contributed by atoms with Gasteiger partial charge in [0.25, 0.3) is 0 Å². The second kappa shape index (κ2) is 21.1. The first-order chi connectivity index (χ1) is 15.1. The van der Waals surface area contributed by atoms with Crippen LogP contribution in [0.2, 0.25) is 0 Å². The summed E-state index contributed by atoms with van der Waals surface area (Å²) in [7, 11) is 0. The van der Waals surface area contributed by atoms with Crippen molar-refractivity contribution in [3.8, 4) is 0 Å². The summed E-state index contributed by atoms with van der Waals surface area (Å²) in [4.78, 5) is 12.1. The summed E-state index contributed by atoms with van der Waals surface area (Å²) >= 11 is 0. The number of aliphatic hydroxyl groups is 1. The SMILES string of the molecule is CC=CC=CC=CCCC=CC=CC=CC(=O)NCC(O)(CCCCC)CCCCC. The van der Waals surface area contributed by atoms with Gasteiger partial charge in [0.15, 0.2) is 0 Å². The van der Waals surface area contributed by atoms with Crippen LogP contribution in [0.5, 0.6) is 0 Å². The van der Waals surface area contributed by atoms with E-state index in [1.54, 1.807) is 6.08 Å². The summed E-state index contributed by atoms with van der Waals surface area (Å²) in [5.41, 5.74) is -0.788. The highest BCUT2D eigenvalue weighted by Crippen LogP contribution is 2.22. The maximum Gasteiger partial charge on any atom is 0.244 e. The van der Waals surface area contributed by atoms with Gasteiger partial charge in [-0.3, -0.25) is 4.79 Å². The van der Waals surface area contributed by atoms with Crippen LogP contribution in [-0.4, -0.2) is 23.2 Å². The number of carbonyl (C=O) groups excluding carboxylic acids is 1. The van der Waals surface area contributed by atoms with E-state index in [0.717, 1.165) is 64.2 Å². The Balaban J connectivity index is 4.22. The number of unbranched alkanes of at least 4 members (excludes halogenated alkanes) is 5. The van der Waals surface area contributed by atoms with Crippen molar-refractivity contribution in [2.45, 2.75) is 90.6 Å². The molecule has 3 heteroatoms. The number of rotatable bonds is 18. The van der Waals surface area contributed by atoms with E-state index in [-0.39, 0.29) is 5.91 Å². The number of allylic oxidation sites excluding steroid dienone is 11. The molecule has 0 spiro atoms. The van der Waals surface area contributed by atoms with Crippen LogP contribution in [0.1, 0.15) is 85.0 Å². The quantitative estimate of drug-likeness (QED) is 0.139. The fourth-order valence-electron chi connectivity index (χ4n) is 3.07. The number of nitrogens with one attached hydrogen (secondary N) is 1. The first-order valence-corrected chi connectivity index (χ1v) is 12.0. The van der Waals surface area contributed by atoms with E-state index < -0.39 is 5.60 Å². The van der Waals surface area contributed by atoms with Crippen molar-refractivity contribution in [1.29, 1.82) is 0 Å². The van der Waals surface area contributed by atoms with Crippen LogP contribution in [-0.2, 0) is 4.79 Å². The number of hydrogen-bond acceptors (Lipinski definition) is 2. The van der Waals surface area contributed by atoms with Gasteiger partial charge in [0.05, 0.1) is 5.60 Å². The first-order valence-electron chi connectivity index (χ1n) is 12.0. The second-order valence-corrected chi connectivity index (χ2v) is 7.94. The third-order valence-corrected chi connectivity index (χ3v) is 4.96. The maximum atomic E-state index is 12.1. The predicted molar refractivity (Wildman–Crippen MR) is 136 cm³/mol. The van der Waals surface area contributed by atoms with Gasteiger partial charge in [-0.15, -0.1) is 0 Å². The third-order valence-electron chi connectivity index (χ3n) is 4.96. The summed E-state index contributed by atoms with van der Waals surface area (Å²) in [5, 5.41) is 13.8. The van der Waals surface area contributed by atoms with Gasteiger partial charge >= 0.3 is 0 Å². The van der Waals surface area contributed by atoms with Crippen LogP contribution < -0.4 is 5.32 Å². The molecule has 0 atom stereocenters. The van der Waals surface area contributed by atoms with Gasteiger partial charge in [-0.05, 0) is 32.6 Å². The molecule has 1 amide bonds. The highest BCUT2D eigenvalue weighted by molar-refractivity contribution is 5.87. The summed E-state index contributed by atoms with van der Waals surface area (Å²) in [6.07, 6.45) is 33.3. The fourth-order valence-corrected chi connectivity index (χ4v) is 3.07. The monoisotopic (exact) mass is 427 g/mol. The zero-order valence-corrected chi connectivity index (χ0v) is 20.1. The van der Waals surface area contributed by atoms with Crippen LogP contribution >= 0.6 is 0 Å². The zero-order valence-electron chi connectivity index (χ0n) is 20.1. The molecule has 0 aliphatic heterocycles. The lowest BCUT2D eigenvalue weighted by Crippen LogP contribution is -2.42. The Labute approximate surface area is 191 Å². The Bertz CT molecular complexity index is 599. The zero-order chi connectivity index (χ0) is 23.0. The van der Waals surface area contributed by atoms with E-state index in [0.29, 0.717) is 6.54 Å². The molecule has 0 aromatic rings. The van der Waals surface area contributed by atoms with Crippen molar-refractivity contribution in [1.82, 2.24) is 5.32 Å². The van der Waals surface area contributed by atoms with Crippen LogP contribution in [0.3, 0.4) is 0 Å². The van der Waals surface area contributed by atoms with E-state index in [1.807, 2.05) is 49.5 Å². The van der Waals surface area contributed by atoms with Crippen LogP contribution in [0.25, 0.3) is 0 Å². The van der Waals surface area contributed by atoms with Gasteiger partial charge in [0.2, 0.25) is 5.91 Å². The Hall–Kier alpha value is -2.13. The Morgan fingerprint density at radius 3 is 1.81 bits per heavy atom. The minimum atomic E-state index is -0.788. The molecule has 0 aromatic heterocycles. The highest BCUT2D eigenvalue weighted by Gasteiger charge is 2.26. The first kappa shape index (κ1) is 28.9. The van der Waals surface area contributed by atoms with Gasteiger partial charge in [0.1, 0.15) is 0 Å². The highest BCUT2D eigenvalue weighted by atomic mass is 16.3. The largest absolute Gasteiger partial charge is 0.388 e. The molecule has 0 aliphatic rings. The maximum absolute atomic E-state index is 12.1. The summed E-state index contributed by atoms with van der Waals surface area (Å²) in [6.45, 7) is 6.64. The lowest BCUT2D eigenvalue weighted by molar-refractivity contribution is -0.118. The molecule has 0 rings (SSSR count). The molecule has 0 aliphatic carbocycles. The topological polar surface area (TPSA) is 49.3 Å². The van der Waals surface area contributed by atoms with Crippen molar-refractivity contribution in [2.75, 3.05) is 6.54 Å². The molecule has 0 bridgehead atoms. The molecule has 0 heterocycles. The third kappa shape index (κ3) is 19.6. The molecule has 0 fully saturated rings. The summed E-state index contributed by atoms with van der Waals surface area (Å²) in [6, 6.07) is 0. The Morgan fingerprint density at radius 2 is 1.29 bits per heavy atom. The van der Waals surface area contributed by atoms with Crippen LogP contribution in [0, 0.1) is 0 Å². The van der Waals surface area contributed by atoms with Crippen LogP contribution in [0.15, 0.2) is 72.9 Å². The Kier molecular flexibility index (Phi) is 19.7. The van der Waals surface area contributed by atoms with Crippen molar-refractivity contribution < 1.29 is 9.90 Å². The Morgan fingerprint density at radius 1 is 0.774 bits per heavy atom. The molecular weight excluding hydrogens is 382 g/mol. The lowest BCUT2D eigenvalue weighted by atomic mass is 9.90. The van der Waals surface area contributed by atoms with Crippen molar-refractivity contribution >= 4 is 5.91 Å². The van der Waals surface area contributed by atoms with Gasteiger partial charge in [-0.1, -0.05) is 119 Å². The minimum absolute atomic E-state index is 0.158. The van der Waals surface area contributed by atoms with E-state index in [9.17, 15) is 9.90 Å². The van der Waals surface area contributed by atoms with E-state index in [2.05, 4.69) is 37.4 Å². The second-order valence-electron chi connectivity index (χ2n) is 7.94. The lowest BCUT2D eigenvalue weighted by Gasteiger charge is -2.28.